The van der Waals surface area contributed by atoms with Gasteiger partial charge in [0.05, 0.1) is 11.3 Å². The molecule has 2 amide bonds. The van der Waals surface area contributed by atoms with Gasteiger partial charge in [-0.25, -0.2) is 14.0 Å². The van der Waals surface area contributed by atoms with E-state index in [0.717, 1.165) is 25.0 Å². The zero-order valence-electron chi connectivity index (χ0n) is 9.57. The van der Waals surface area contributed by atoms with Crippen molar-refractivity contribution in [2.45, 2.75) is 12.8 Å². The first kappa shape index (κ1) is 12.3. The maximum absolute atomic E-state index is 12.9. The molecule has 0 aliphatic heterocycles. The van der Waals surface area contributed by atoms with Gasteiger partial charge in [0.25, 0.3) is 0 Å². The fraction of sp³-hybridized carbons (Fsp3) is 0.333. The van der Waals surface area contributed by atoms with Crippen molar-refractivity contribution in [2.75, 3.05) is 11.9 Å². The van der Waals surface area contributed by atoms with E-state index in [1.807, 2.05) is 0 Å². The summed E-state index contributed by atoms with van der Waals surface area (Å²) in [6, 6.07) is 2.73. The molecule has 18 heavy (non-hydrogen) atoms. The number of rotatable bonds is 4. The van der Waals surface area contributed by atoms with E-state index in [2.05, 4.69) is 10.6 Å². The van der Waals surface area contributed by atoms with E-state index in [-0.39, 0.29) is 11.3 Å². The zero-order valence-corrected chi connectivity index (χ0v) is 9.57. The SMILES string of the molecule is O=C(NCC1CC1)Nc1ccc(F)cc1C(=O)O. The van der Waals surface area contributed by atoms with Gasteiger partial charge in [-0.05, 0) is 37.0 Å². The van der Waals surface area contributed by atoms with E-state index in [9.17, 15) is 14.0 Å². The number of nitrogens with one attached hydrogen (secondary N) is 2. The molecule has 1 aliphatic rings. The Morgan fingerprint density at radius 2 is 2.11 bits per heavy atom. The van der Waals surface area contributed by atoms with Crippen molar-refractivity contribution in [1.29, 1.82) is 0 Å². The summed E-state index contributed by atoms with van der Waals surface area (Å²) in [7, 11) is 0. The molecule has 0 atom stereocenters. The number of hydrogen-bond donors (Lipinski definition) is 3. The number of carbonyl (C=O) groups is 2. The Kier molecular flexibility index (Phi) is 3.45. The molecule has 0 heterocycles. The summed E-state index contributed by atoms with van der Waals surface area (Å²) < 4.78 is 12.9. The Labute approximate surface area is 103 Å². The Bertz CT molecular complexity index is 486. The molecule has 1 aromatic rings. The molecule has 0 saturated heterocycles. The number of aromatic carboxylic acids is 1. The maximum Gasteiger partial charge on any atom is 0.337 e. The van der Waals surface area contributed by atoms with Gasteiger partial charge in [0.15, 0.2) is 0 Å². The van der Waals surface area contributed by atoms with Crippen molar-refractivity contribution in [3.8, 4) is 0 Å². The molecular formula is C12H13FN2O3. The van der Waals surface area contributed by atoms with Gasteiger partial charge >= 0.3 is 12.0 Å². The smallest absolute Gasteiger partial charge is 0.337 e. The fourth-order valence-electron chi connectivity index (χ4n) is 1.53. The van der Waals surface area contributed by atoms with Gasteiger partial charge in [0, 0.05) is 6.54 Å². The number of urea groups is 1. The van der Waals surface area contributed by atoms with Crippen LogP contribution in [0.15, 0.2) is 18.2 Å². The van der Waals surface area contributed by atoms with Crippen molar-refractivity contribution in [1.82, 2.24) is 5.32 Å². The molecule has 6 heteroatoms. The predicted molar refractivity (Wildman–Crippen MR) is 63.1 cm³/mol. The molecule has 1 fully saturated rings. The highest BCUT2D eigenvalue weighted by Crippen LogP contribution is 2.27. The van der Waals surface area contributed by atoms with Gasteiger partial charge in [-0.15, -0.1) is 0 Å². The van der Waals surface area contributed by atoms with E-state index in [1.165, 1.54) is 6.07 Å². The third-order valence-corrected chi connectivity index (χ3v) is 2.71. The van der Waals surface area contributed by atoms with Gasteiger partial charge in [-0.3, -0.25) is 0 Å². The normalized spacial score (nSPS) is 14.1. The Morgan fingerprint density at radius 1 is 1.39 bits per heavy atom. The van der Waals surface area contributed by atoms with Gasteiger partial charge < -0.3 is 15.7 Å². The van der Waals surface area contributed by atoms with Crippen LogP contribution in [-0.4, -0.2) is 23.7 Å². The standard InChI is InChI=1S/C12H13FN2O3/c13-8-3-4-10(9(5-8)11(16)17)15-12(18)14-6-7-1-2-7/h3-5,7H,1-2,6H2,(H,16,17)(H2,14,15,18). The Morgan fingerprint density at radius 3 is 2.72 bits per heavy atom. The van der Waals surface area contributed by atoms with Crippen LogP contribution in [0.3, 0.4) is 0 Å². The minimum Gasteiger partial charge on any atom is -0.478 e. The minimum atomic E-state index is -1.29. The molecular weight excluding hydrogens is 239 g/mol. The van der Waals surface area contributed by atoms with Crippen molar-refractivity contribution in [2.24, 2.45) is 5.92 Å². The number of anilines is 1. The highest BCUT2D eigenvalue weighted by atomic mass is 19.1. The number of carboxylic acids is 1. The van der Waals surface area contributed by atoms with Crippen molar-refractivity contribution in [3.63, 3.8) is 0 Å². The van der Waals surface area contributed by atoms with Crippen LogP contribution >= 0.6 is 0 Å². The monoisotopic (exact) mass is 252 g/mol. The van der Waals surface area contributed by atoms with Crippen LogP contribution < -0.4 is 10.6 Å². The zero-order chi connectivity index (χ0) is 13.1. The van der Waals surface area contributed by atoms with Crippen LogP contribution in [-0.2, 0) is 0 Å². The Balaban J connectivity index is 2.02. The molecule has 1 aliphatic carbocycles. The summed E-state index contributed by atoms with van der Waals surface area (Å²) in [5.41, 5.74) is -0.186. The third kappa shape index (κ3) is 3.19. The first-order valence-corrected chi connectivity index (χ1v) is 5.64. The number of hydrogen-bond acceptors (Lipinski definition) is 2. The topological polar surface area (TPSA) is 78.4 Å². The molecule has 1 saturated carbocycles. The second-order valence-corrected chi connectivity index (χ2v) is 4.27. The molecule has 0 unspecified atom stereocenters. The summed E-state index contributed by atoms with van der Waals surface area (Å²) in [5, 5.41) is 13.9. The average Bonchev–Trinajstić information content (AvgIpc) is 3.12. The summed E-state index contributed by atoms with van der Waals surface area (Å²) in [4.78, 5) is 22.4. The summed E-state index contributed by atoms with van der Waals surface area (Å²) in [5.74, 6) is -1.41. The molecule has 0 bridgehead atoms. The second-order valence-electron chi connectivity index (χ2n) is 4.27. The number of halogens is 1. The Hall–Kier alpha value is -2.11. The van der Waals surface area contributed by atoms with Crippen LogP contribution in [0.5, 0.6) is 0 Å². The van der Waals surface area contributed by atoms with Crippen molar-refractivity contribution in [3.05, 3.63) is 29.6 Å². The van der Waals surface area contributed by atoms with E-state index >= 15 is 0 Å². The van der Waals surface area contributed by atoms with Crippen LogP contribution in [0, 0.1) is 11.7 Å². The highest BCUT2D eigenvalue weighted by molar-refractivity contribution is 5.99. The van der Waals surface area contributed by atoms with Gasteiger partial charge in [0.2, 0.25) is 0 Å². The van der Waals surface area contributed by atoms with E-state index in [4.69, 9.17) is 5.11 Å². The van der Waals surface area contributed by atoms with Crippen molar-refractivity contribution >= 4 is 17.7 Å². The summed E-state index contributed by atoms with van der Waals surface area (Å²) in [6.07, 6.45) is 2.22. The number of amides is 2. The average molecular weight is 252 g/mol. The van der Waals surface area contributed by atoms with Gasteiger partial charge in [-0.1, -0.05) is 0 Å². The lowest BCUT2D eigenvalue weighted by Gasteiger charge is -2.09. The number of carboxylic acid groups (broad SMARTS) is 1. The van der Waals surface area contributed by atoms with Crippen LogP contribution in [0.4, 0.5) is 14.9 Å². The molecule has 2 rings (SSSR count). The quantitative estimate of drug-likeness (QED) is 0.767. The van der Waals surface area contributed by atoms with E-state index in [1.54, 1.807) is 0 Å². The molecule has 5 nitrogen and oxygen atoms in total. The molecule has 0 radical (unpaired) electrons. The van der Waals surface area contributed by atoms with E-state index in [0.29, 0.717) is 12.5 Å². The fourth-order valence-corrected chi connectivity index (χ4v) is 1.53. The molecule has 96 valence electrons. The maximum atomic E-state index is 12.9. The number of benzene rings is 1. The van der Waals surface area contributed by atoms with Crippen LogP contribution in [0.2, 0.25) is 0 Å². The third-order valence-electron chi connectivity index (χ3n) is 2.71. The van der Waals surface area contributed by atoms with Gasteiger partial charge in [-0.2, -0.15) is 0 Å². The highest BCUT2D eigenvalue weighted by Gasteiger charge is 2.22. The van der Waals surface area contributed by atoms with E-state index < -0.39 is 17.8 Å². The molecule has 0 spiro atoms. The predicted octanol–water partition coefficient (Wildman–Crippen LogP) is 2.06. The van der Waals surface area contributed by atoms with Gasteiger partial charge in [0.1, 0.15) is 5.82 Å². The van der Waals surface area contributed by atoms with Crippen LogP contribution in [0.25, 0.3) is 0 Å². The summed E-state index contributed by atoms with van der Waals surface area (Å²) >= 11 is 0. The second kappa shape index (κ2) is 5.03. The largest absolute Gasteiger partial charge is 0.478 e. The number of carbonyl (C=O) groups excluding carboxylic acids is 1. The lowest BCUT2D eigenvalue weighted by atomic mass is 10.2. The molecule has 1 aromatic carbocycles. The lowest BCUT2D eigenvalue weighted by molar-refractivity contribution is 0.0697. The molecule has 3 N–H and O–H groups in total. The lowest BCUT2D eigenvalue weighted by Crippen LogP contribution is -2.31. The molecule has 0 aromatic heterocycles. The minimum absolute atomic E-state index is 0.0807. The first-order chi connectivity index (χ1) is 8.56. The van der Waals surface area contributed by atoms with Crippen molar-refractivity contribution < 1.29 is 19.1 Å². The first-order valence-electron chi connectivity index (χ1n) is 5.64. The summed E-state index contributed by atoms with van der Waals surface area (Å²) in [6.45, 7) is 0.579. The van der Waals surface area contributed by atoms with Crippen LogP contribution in [0.1, 0.15) is 23.2 Å².